The first-order valence-corrected chi connectivity index (χ1v) is 5.58. The molecule has 15 heavy (non-hydrogen) atoms. The first kappa shape index (κ1) is 12.3. The summed E-state index contributed by atoms with van der Waals surface area (Å²) in [6.45, 7) is 6.66. The number of ether oxygens (including phenoxy) is 1. The van der Waals surface area contributed by atoms with Crippen LogP contribution in [0.25, 0.3) is 0 Å². The topological polar surface area (TPSA) is 41.6 Å². The van der Waals surface area contributed by atoms with Crippen LogP contribution in [0.3, 0.4) is 0 Å². The van der Waals surface area contributed by atoms with E-state index in [-0.39, 0.29) is 12.3 Å². The molecule has 0 bridgehead atoms. The fourth-order valence-corrected chi connectivity index (χ4v) is 1.70. The Hall–Kier alpha value is -0.770. The van der Waals surface area contributed by atoms with Gasteiger partial charge < -0.3 is 10.1 Å². The van der Waals surface area contributed by atoms with Crippen molar-refractivity contribution >= 4 is 6.09 Å². The van der Waals surface area contributed by atoms with Gasteiger partial charge in [0.25, 0.3) is 0 Å². The van der Waals surface area contributed by atoms with Crippen LogP contribution < -0.4 is 5.32 Å². The molecule has 0 aromatic heterocycles. The van der Waals surface area contributed by atoms with Gasteiger partial charge in [0.2, 0.25) is 0 Å². The molecule has 1 aliphatic rings. The summed E-state index contributed by atoms with van der Waals surface area (Å²) < 4.78 is 5.21. The Morgan fingerprint density at radius 3 is 2.60 bits per heavy atom. The molecule has 0 aromatic rings. The average Bonchev–Trinajstić information content (AvgIpc) is 2.05. The summed E-state index contributed by atoms with van der Waals surface area (Å²) in [4.78, 5) is 13.7. The Balaban J connectivity index is 2.36. The Labute approximate surface area is 92.0 Å². The highest BCUT2D eigenvalue weighted by atomic mass is 16.6. The van der Waals surface area contributed by atoms with Crippen LogP contribution in [0.1, 0.15) is 40.0 Å². The lowest BCUT2D eigenvalue weighted by atomic mass is 10.1. The minimum absolute atomic E-state index is 0.133. The van der Waals surface area contributed by atoms with Crippen molar-refractivity contribution < 1.29 is 9.53 Å². The molecule has 88 valence electrons. The van der Waals surface area contributed by atoms with Gasteiger partial charge in [-0.2, -0.15) is 0 Å². The Kier molecular flexibility index (Phi) is 3.97. The van der Waals surface area contributed by atoms with Crippen LogP contribution in [0.5, 0.6) is 0 Å². The molecule has 1 N–H and O–H groups in total. The van der Waals surface area contributed by atoms with E-state index >= 15 is 0 Å². The van der Waals surface area contributed by atoms with Crippen LogP contribution in [0, 0.1) is 0 Å². The molecule has 1 amide bonds. The number of hydrogen-bond acceptors (Lipinski definition) is 3. The normalized spacial score (nSPS) is 23.6. The molecule has 1 aliphatic heterocycles. The molecule has 4 heteroatoms. The predicted molar refractivity (Wildman–Crippen MR) is 59.6 cm³/mol. The van der Waals surface area contributed by atoms with Crippen LogP contribution in [-0.4, -0.2) is 36.4 Å². The maximum Gasteiger partial charge on any atom is 0.408 e. The molecule has 0 spiro atoms. The number of hydrogen-bond donors (Lipinski definition) is 1. The SMILES string of the molecule is CN1CCCCC1NC(=O)OC(C)(C)C. The van der Waals surface area contributed by atoms with Crippen LogP contribution >= 0.6 is 0 Å². The van der Waals surface area contributed by atoms with E-state index < -0.39 is 5.60 Å². The second-order valence-corrected chi connectivity index (χ2v) is 5.14. The molecular weight excluding hydrogens is 192 g/mol. The van der Waals surface area contributed by atoms with E-state index in [1.54, 1.807) is 0 Å². The molecule has 1 saturated heterocycles. The average molecular weight is 214 g/mol. The Morgan fingerprint density at radius 2 is 2.07 bits per heavy atom. The van der Waals surface area contributed by atoms with Crippen molar-refractivity contribution in [2.24, 2.45) is 0 Å². The molecule has 1 heterocycles. The second-order valence-electron chi connectivity index (χ2n) is 5.14. The van der Waals surface area contributed by atoms with E-state index in [0.29, 0.717) is 0 Å². The van der Waals surface area contributed by atoms with E-state index in [1.165, 1.54) is 12.8 Å². The molecule has 1 rings (SSSR count). The highest BCUT2D eigenvalue weighted by molar-refractivity contribution is 5.68. The minimum atomic E-state index is -0.419. The molecule has 0 saturated carbocycles. The smallest absolute Gasteiger partial charge is 0.408 e. The number of likely N-dealkylation sites (tertiary alicyclic amines) is 1. The number of carbonyl (C=O) groups is 1. The van der Waals surface area contributed by atoms with Gasteiger partial charge in [-0.25, -0.2) is 4.79 Å². The Bertz CT molecular complexity index is 223. The summed E-state index contributed by atoms with van der Waals surface area (Å²) in [7, 11) is 2.03. The highest BCUT2D eigenvalue weighted by Crippen LogP contribution is 2.13. The van der Waals surface area contributed by atoms with Gasteiger partial charge in [0.1, 0.15) is 5.60 Å². The molecule has 1 fully saturated rings. The van der Waals surface area contributed by atoms with Crippen molar-refractivity contribution in [3.63, 3.8) is 0 Å². The van der Waals surface area contributed by atoms with E-state index in [4.69, 9.17) is 4.74 Å². The zero-order valence-electron chi connectivity index (χ0n) is 10.2. The molecule has 0 aliphatic carbocycles. The number of amides is 1. The van der Waals surface area contributed by atoms with Gasteiger partial charge in [-0.1, -0.05) is 0 Å². The summed E-state index contributed by atoms with van der Waals surface area (Å²) >= 11 is 0. The number of piperidine rings is 1. The number of alkyl carbamates (subject to hydrolysis) is 1. The molecule has 0 aromatic carbocycles. The third kappa shape index (κ3) is 4.51. The summed E-state index contributed by atoms with van der Waals surface area (Å²) in [6.07, 6.45) is 3.21. The lowest BCUT2D eigenvalue weighted by Gasteiger charge is -2.33. The van der Waals surface area contributed by atoms with Crippen LogP contribution in [0.2, 0.25) is 0 Å². The van der Waals surface area contributed by atoms with E-state index in [2.05, 4.69) is 10.2 Å². The quantitative estimate of drug-likeness (QED) is 0.725. The predicted octanol–water partition coefficient (Wildman–Crippen LogP) is 1.95. The van der Waals surface area contributed by atoms with Gasteiger partial charge in [0, 0.05) is 0 Å². The van der Waals surface area contributed by atoms with Gasteiger partial charge in [-0.15, -0.1) is 0 Å². The molecule has 0 radical (unpaired) electrons. The Morgan fingerprint density at radius 1 is 1.40 bits per heavy atom. The van der Waals surface area contributed by atoms with Crippen LogP contribution in [-0.2, 0) is 4.74 Å². The first-order chi connectivity index (χ1) is 6.88. The lowest BCUT2D eigenvalue weighted by molar-refractivity contribution is 0.0400. The van der Waals surface area contributed by atoms with E-state index in [1.807, 2.05) is 27.8 Å². The van der Waals surface area contributed by atoms with Gasteiger partial charge in [-0.3, -0.25) is 4.90 Å². The standard InChI is InChI=1S/C11H22N2O2/c1-11(2,3)15-10(14)12-9-7-5-6-8-13(9)4/h9H,5-8H2,1-4H3,(H,12,14). The maximum atomic E-state index is 11.5. The van der Waals surface area contributed by atoms with Crippen LogP contribution in [0.15, 0.2) is 0 Å². The van der Waals surface area contributed by atoms with Crippen molar-refractivity contribution in [2.45, 2.75) is 51.8 Å². The fourth-order valence-electron chi connectivity index (χ4n) is 1.70. The summed E-state index contributed by atoms with van der Waals surface area (Å²) in [6, 6.07) is 0. The third-order valence-electron chi connectivity index (χ3n) is 2.45. The molecular formula is C11H22N2O2. The number of carbonyl (C=O) groups excluding carboxylic acids is 1. The van der Waals surface area contributed by atoms with Crippen molar-refractivity contribution in [3.8, 4) is 0 Å². The molecule has 1 atom stereocenters. The summed E-state index contributed by atoms with van der Waals surface area (Å²) in [5.41, 5.74) is -0.419. The fraction of sp³-hybridized carbons (Fsp3) is 0.909. The van der Waals surface area contributed by atoms with E-state index in [0.717, 1.165) is 13.0 Å². The number of rotatable bonds is 1. The summed E-state index contributed by atoms with van der Waals surface area (Å²) in [5.74, 6) is 0. The van der Waals surface area contributed by atoms with Crippen molar-refractivity contribution in [1.29, 1.82) is 0 Å². The van der Waals surface area contributed by atoms with Crippen molar-refractivity contribution in [1.82, 2.24) is 10.2 Å². The zero-order chi connectivity index (χ0) is 11.5. The number of nitrogens with one attached hydrogen (secondary N) is 1. The van der Waals surface area contributed by atoms with Gasteiger partial charge in [-0.05, 0) is 53.6 Å². The molecule has 4 nitrogen and oxygen atoms in total. The zero-order valence-corrected chi connectivity index (χ0v) is 10.2. The second kappa shape index (κ2) is 4.84. The minimum Gasteiger partial charge on any atom is -0.444 e. The highest BCUT2D eigenvalue weighted by Gasteiger charge is 2.23. The van der Waals surface area contributed by atoms with E-state index in [9.17, 15) is 4.79 Å². The monoisotopic (exact) mass is 214 g/mol. The van der Waals surface area contributed by atoms with Gasteiger partial charge in [0.05, 0.1) is 6.17 Å². The summed E-state index contributed by atoms with van der Waals surface area (Å²) in [5, 5.41) is 2.89. The van der Waals surface area contributed by atoms with Crippen LogP contribution in [0.4, 0.5) is 4.79 Å². The van der Waals surface area contributed by atoms with Crippen molar-refractivity contribution in [3.05, 3.63) is 0 Å². The largest absolute Gasteiger partial charge is 0.444 e. The lowest BCUT2D eigenvalue weighted by Crippen LogP contribution is -2.50. The van der Waals surface area contributed by atoms with Gasteiger partial charge >= 0.3 is 6.09 Å². The van der Waals surface area contributed by atoms with Gasteiger partial charge in [0.15, 0.2) is 0 Å². The molecule has 1 unspecified atom stereocenters. The first-order valence-electron chi connectivity index (χ1n) is 5.58. The number of nitrogens with zero attached hydrogens (tertiary/aromatic N) is 1. The third-order valence-corrected chi connectivity index (χ3v) is 2.45. The van der Waals surface area contributed by atoms with Crippen molar-refractivity contribution in [2.75, 3.05) is 13.6 Å². The maximum absolute atomic E-state index is 11.5.